The minimum absolute atomic E-state index is 0.0146. The highest BCUT2D eigenvalue weighted by Gasteiger charge is 2.57. The van der Waals surface area contributed by atoms with Crippen LogP contribution in [0, 0.1) is 0 Å². The summed E-state index contributed by atoms with van der Waals surface area (Å²) in [4.78, 5) is 85.5. The first-order chi connectivity index (χ1) is 25.5. The molecule has 2 aliphatic rings. The van der Waals surface area contributed by atoms with Gasteiger partial charge in [-0.3, -0.25) is 33.6 Å². The van der Waals surface area contributed by atoms with E-state index >= 15 is 0 Å². The van der Waals surface area contributed by atoms with Crippen molar-refractivity contribution in [3.8, 4) is 0 Å². The third-order valence-electron chi connectivity index (χ3n) is 7.51. The Bertz CT molecular complexity index is 1450. The van der Waals surface area contributed by atoms with Crippen LogP contribution in [0.3, 0.4) is 0 Å². The molecule has 0 radical (unpaired) electrons. The van der Waals surface area contributed by atoms with Crippen molar-refractivity contribution >= 4 is 41.8 Å². The van der Waals surface area contributed by atoms with Gasteiger partial charge in [0.2, 0.25) is 0 Å². The average Bonchev–Trinajstić information content (AvgIpc) is 3.07. The Balaban J connectivity index is 2.08. The van der Waals surface area contributed by atoms with Crippen molar-refractivity contribution in [1.82, 2.24) is 0 Å². The first-order valence-corrected chi connectivity index (χ1v) is 16.9. The van der Waals surface area contributed by atoms with Crippen LogP contribution >= 0.6 is 0 Å². The zero-order valence-corrected chi connectivity index (χ0v) is 31.0. The summed E-state index contributed by atoms with van der Waals surface area (Å²) in [5.74, 6) is -5.81. The van der Waals surface area contributed by atoms with E-state index < -0.39 is 116 Å². The monoisotopic (exact) mass is 770 g/mol. The van der Waals surface area contributed by atoms with Crippen LogP contribution in [-0.2, 0) is 97.0 Å². The van der Waals surface area contributed by atoms with Crippen LogP contribution in [-0.4, -0.2) is 130 Å². The number of esters is 7. The van der Waals surface area contributed by atoms with Crippen molar-refractivity contribution in [1.29, 1.82) is 0 Å². The summed E-state index contributed by atoms with van der Waals surface area (Å²) in [6.45, 7) is 6.60. The van der Waals surface area contributed by atoms with Gasteiger partial charge in [0, 0.05) is 48.5 Å². The lowest BCUT2D eigenvalue weighted by Gasteiger charge is -2.48. The van der Waals surface area contributed by atoms with Crippen LogP contribution in [0.2, 0.25) is 0 Å². The lowest BCUT2D eigenvalue weighted by atomic mass is 9.96. The molecule has 0 saturated carbocycles. The van der Waals surface area contributed by atoms with Crippen LogP contribution < -0.4 is 0 Å². The van der Waals surface area contributed by atoms with Crippen molar-refractivity contribution in [3.63, 3.8) is 0 Å². The topological polar surface area (TPSA) is 230 Å². The SMILES string of the molecule is CC(=O)OCC1OC(OC2C(OCCOCc3ccccc3)OC(COC(C)=O)C(OC(C)=O)C2OC(C)=O)C(OC(C)=O)C(OC(C)=O)C1OC(C)=O. The van der Waals surface area contributed by atoms with Gasteiger partial charge in [0.15, 0.2) is 49.2 Å². The fourth-order valence-corrected chi connectivity index (χ4v) is 5.59. The van der Waals surface area contributed by atoms with Gasteiger partial charge in [0.05, 0.1) is 19.8 Å². The van der Waals surface area contributed by atoms with Crippen LogP contribution in [0.15, 0.2) is 30.3 Å². The molecule has 19 nitrogen and oxygen atoms in total. The molecule has 2 saturated heterocycles. The molecule has 10 atom stereocenters. The summed E-state index contributed by atoms with van der Waals surface area (Å²) >= 11 is 0. The van der Waals surface area contributed by atoms with Gasteiger partial charge in [-0.25, -0.2) is 0 Å². The minimum atomic E-state index is -1.79. The standard InChI is InChI=1S/C35H46O19/c1-18(36)45-16-26-28(47-20(3)38)30(49-22(5)40)32(34(52-26)44-14-13-43-15-25-11-9-8-10-12-25)54-35-33(51-24(7)42)31(50-23(6)41)29(48-21(4)39)27(53-35)17-46-19(2)37/h8-12,26-35H,13-17H2,1-7H3. The Morgan fingerprint density at radius 3 is 1.39 bits per heavy atom. The summed E-state index contributed by atoms with van der Waals surface area (Å²) in [6.07, 6.45) is -15.5. The zero-order valence-electron chi connectivity index (χ0n) is 31.0. The molecule has 0 amide bonds. The van der Waals surface area contributed by atoms with E-state index in [0.29, 0.717) is 0 Å². The molecule has 2 heterocycles. The molecule has 0 N–H and O–H groups in total. The number of hydrogen-bond acceptors (Lipinski definition) is 19. The molecule has 1 aromatic carbocycles. The Morgan fingerprint density at radius 1 is 0.500 bits per heavy atom. The van der Waals surface area contributed by atoms with Crippen LogP contribution in [0.25, 0.3) is 0 Å². The second-order valence-electron chi connectivity index (χ2n) is 12.1. The molecule has 54 heavy (non-hydrogen) atoms. The van der Waals surface area contributed by atoms with Crippen molar-refractivity contribution < 1.29 is 90.4 Å². The van der Waals surface area contributed by atoms with E-state index in [-0.39, 0.29) is 19.8 Å². The second-order valence-corrected chi connectivity index (χ2v) is 12.1. The second kappa shape index (κ2) is 21.3. The Kier molecular flexibility index (Phi) is 17.2. The maximum atomic E-state index is 12.6. The zero-order chi connectivity index (χ0) is 39.9. The Hall–Kier alpha value is -4.69. The van der Waals surface area contributed by atoms with Gasteiger partial charge in [0.1, 0.15) is 25.4 Å². The summed E-state index contributed by atoms with van der Waals surface area (Å²) in [5.41, 5.74) is 0.886. The molecule has 300 valence electrons. The smallest absolute Gasteiger partial charge is 0.303 e. The largest absolute Gasteiger partial charge is 0.463 e. The van der Waals surface area contributed by atoms with E-state index in [1.165, 1.54) is 0 Å². The predicted octanol–water partition coefficient (Wildman–Crippen LogP) is 0.840. The normalized spacial score (nSPS) is 27.8. The number of benzene rings is 1. The number of carbonyl (C=O) groups excluding carboxylic acids is 7. The summed E-state index contributed by atoms with van der Waals surface area (Å²) in [5, 5.41) is 0. The average molecular weight is 771 g/mol. The molecule has 3 rings (SSSR count). The van der Waals surface area contributed by atoms with Gasteiger partial charge in [-0.1, -0.05) is 30.3 Å². The van der Waals surface area contributed by atoms with Crippen molar-refractivity contribution in [2.24, 2.45) is 0 Å². The van der Waals surface area contributed by atoms with Crippen LogP contribution in [0.4, 0.5) is 0 Å². The molecule has 2 aliphatic heterocycles. The van der Waals surface area contributed by atoms with E-state index in [0.717, 1.165) is 54.0 Å². The molecule has 1 aromatic rings. The lowest BCUT2D eigenvalue weighted by molar-refractivity contribution is -0.369. The number of carbonyl (C=O) groups is 7. The molecule has 0 spiro atoms. The molecule has 2 fully saturated rings. The summed E-state index contributed by atoms with van der Waals surface area (Å²) in [6, 6.07) is 9.27. The quantitative estimate of drug-likeness (QED) is 0.121. The molecular formula is C35H46O19. The number of hydrogen-bond donors (Lipinski definition) is 0. The molecule has 10 unspecified atom stereocenters. The predicted molar refractivity (Wildman–Crippen MR) is 175 cm³/mol. The van der Waals surface area contributed by atoms with Gasteiger partial charge in [-0.05, 0) is 5.56 Å². The third kappa shape index (κ3) is 13.9. The van der Waals surface area contributed by atoms with Gasteiger partial charge >= 0.3 is 41.8 Å². The van der Waals surface area contributed by atoms with Crippen LogP contribution in [0.5, 0.6) is 0 Å². The van der Waals surface area contributed by atoms with Gasteiger partial charge in [0.25, 0.3) is 0 Å². The molecule has 19 heteroatoms. The van der Waals surface area contributed by atoms with Crippen LogP contribution in [0.1, 0.15) is 54.0 Å². The molecule has 0 bridgehead atoms. The molecule has 0 aliphatic carbocycles. The van der Waals surface area contributed by atoms with Crippen molar-refractivity contribution in [2.75, 3.05) is 26.4 Å². The fourth-order valence-electron chi connectivity index (χ4n) is 5.59. The summed E-state index contributed by atoms with van der Waals surface area (Å²) in [7, 11) is 0. The Labute approximate surface area is 310 Å². The molecule has 0 aromatic heterocycles. The van der Waals surface area contributed by atoms with Crippen molar-refractivity contribution in [2.45, 2.75) is 116 Å². The fraction of sp³-hybridized carbons (Fsp3) is 0.629. The number of ether oxygens (including phenoxy) is 12. The highest BCUT2D eigenvalue weighted by molar-refractivity contribution is 5.69. The third-order valence-corrected chi connectivity index (χ3v) is 7.51. The highest BCUT2D eigenvalue weighted by Crippen LogP contribution is 2.35. The van der Waals surface area contributed by atoms with E-state index in [1.807, 2.05) is 30.3 Å². The summed E-state index contributed by atoms with van der Waals surface area (Å²) < 4.78 is 68.2. The maximum absolute atomic E-state index is 12.6. The van der Waals surface area contributed by atoms with Gasteiger partial charge in [-0.2, -0.15) is 0 Å². The Morgan fingerprint density at radius 2 is 0.926 bits per heavy atom. The van der Waals surface area contributed by atoms with Crippen molar-refractivity contribution in [3.05, 3.63) is 35.9 Å². The van der Waals surface area contributed by atoms with Gasteiger partial charge < -0.3 is 56.8 Å². The number of rotatable bonds is 17. The van der Waals surface area contributed by atoms with E-state index in [4.69, 9.17) is 56.8 Å². The van der Waals surface area contributed by atoms with E-state index in [1.54, 1.807) is 0 Å². The van der Waals surface area contributed by atoms with Gasteiger partial charge in [-0.15, -0.1) is 0 Å². The lowest BCUT2D eigenvalue weighted by Crippen LogP contribution is -2.67. The first-order valence-electron chi connectivity index (χ1n) is 16.9. The maximum Gasteiger partial charge on any atom is 0.303 e. The van der Waals surface area contributed by atoms with E-state index in [2.05, 4.69) is 0 Å². The van der Waals surface area contributed by atoms with E-state index in [9.17, 15) is 33.6 Å². The highest BCUT2D eigenvalue weighted by atomic mass is 16.8. The molecular weight excluding hydrogens is 724 g/mol. The first kappa shape index (κ1) is 43.7. The minimum Gasteiger partial charge on any atom is -0.463 e.